The zero-order valence-corrected chi connectivity index (χ0v) is 19.9. The van der Waals surface area contributed by atoms with Crippen LogP contribution in [-0.2, 0) is 19.6 Å². The molecule has 2 aromatic rings. The number of carbonyl (C=O) groups is 1. The summed E-state index contributed by atoms with van der Waals surface area (Å²) in [5, 5.41) is 2.89. The Balaban J connectivity index is 1.96. The van der Waals surface area contributed by atoms with E-state index in [4.69, 9.17) is 30.5 Å². The second-order valence-electron chi connectivity index (χ2n) is 6.68. The van der Waals surface area contributed by atoms with Crippen molar-refractivity contribution in [2.24, 2.45) is 0 Å². The molecule has 0 aliphatic carbocycles. The Morgan fingerprint density at radius 3 is 2.34 bits per heavy atom. The van der Waals surface area contributed by atoms with Gasteiger partial charge in [-0.05, 0) is 42.8 Å². The molecular formula is C21H27ClN2O7S. The first-order valence-corrected chi connectivity index (χ1v) is 11.5. The molecule has 1 atom stereocenters. The maximum atomic E-state index is 12.3. The molecule has 2 N–H and O–H groups in total. The van der Waals surface area contributed by atoms with Crippen LogP contribution in [0.1, 0.15) is 18.5 Å². The van der Waals surface area contributed by atoms with Crippen LogP contribution in [0.2, 0.25) is 5.02 Å². The van der Waals surface area contributed by atoms with E-state index in [0.29, 0.717) is 11.5 Å². The minimum atomic E-state index is -3.73. The number of benzene rings is 2. The molecule has 0 saturated heterocycles. The average Bonchev–Trinajstić information content (AvgIpc) is 2.77. The largest absolute Gasteiger partial charge is 0.493 e. The first-order chi connectivity index (χ1) is 15.2. The second kappa shape index (κ2) is 11.9. The summed E-state index contributed by atoms with van der Waals surface area (Å²) in [7, 11) is 0.828. The third kappa shape index (κ3) is 6.99. The van der Waals surface area contributed by atoms with Gasteiger partial charge < -0.3 is 24.3 Å². The SMILES string of the molecule is COCCNS(=O)(=O)c1ccc(OCC(=O)N[C@H](C)c2ccc(OC)c(OC)c2)c(Cl)c1. The Morgan fingerprint density at radius 2 is 1.72 bits per heavy atom. The molecule has 176 valence electrons. The standard InChI is InChI=1S/C21H27ClN2O7S/c1-14(15-5-7-19(29-3)20(11-15)30-4)24-21(25)13-31-18-8-6-16(12-17(18)22)32(26,27)23-9-10-28-2/h5-8,11-12,14,23H,9-10,13H2,1-4H3,(H,24,25)/t14-/m1/s1. The van der Waals surface area contributed by atoms with Gasteiger partial charge in [0.1, 0.15) is 5.75 Å². The van der Waals surface area contributed by atoms with Gasteiger partial charge in [0.2, 0.25) is 10.0 Å². The van der Waals surface area contributed by atoms with Crippen molar-refractivity contribution in [1.82, 2.24) is 10.0 Å². The highest BCUT2D eigenvalue weighted by Crippen LogP contribution is 2.30. The lowest BCUT2D eigenvalue weighted by molar-refractivity contribution is -0.123. The van der Waals surface area contributed by atoms with Gasteiger partial charge in [0.15, 0.2) is 18.1 Å². The van der Waals surface area contributed by atoms with E-state index in [9.17, 15) is 13.2 Å². The fourth-order valence-electron chi connectivity index (χ4n) is 2.76. The van der Waals surface area contributed by atoms with Crippen LogP contribution in [0, 0.1) is 0 Å². The van der Waals surface area contributed by atoms with E-state index in [0.717, 1.165) is 5.56 Å². The summed E-state index contributed by atoms with van der Waals surface area (Å²) in [6, 6.07) is 9.06. The molecule has 0 bridgehead atoms. The predicted molar refractivity (Wildman–Crippen MR) is 120 cm³/mol. The van der Waals surface area contributed by atoms with Gasteiger partial charge in [-0.2, -0.15) is 0 Å². The number of carbonyl (C=O) groups excluding carboxylic acids is 1. The lowest BCUT2D eigenvalue weighted by atomic mass is 10.1. The molecule has 2 rings (SSSR count). The number of halogens is 1. The molecule has 0 radical (unpaired) electrons. The first-order valence-electron chi connectivity index (χ1n) is 9.64. The van der Waals surface area contributed by atoms with E-state index >= 15 is 0 Å². The Morgan fingerprint density at radius 1 is 1.03 bits per heavy atom. The number of rotatable bonds is 12. The van der Waals surface area contributed by atoms with Gasteiger partial charge in [-0.25, -0.2) is 13.1 Å². The first kappa shape index (κ1) is 25.7. The van der Waals surface area contributed by atoms with Gasteiger partial charge in [0, 0.05) is 13.7 Å². The zero-order valence-electron chi connectivity index (χ0n) is 18.3. The Labute approximate surface area is 193 Å². The molecule has 0 saturated carbocycles. The van der Waals surface area contributed by atoms with Crippen LogP contribution in [0.4, 0.5) is 0 Å². The molecule has 0 unspecified atom stereocenters. The van der Waals surface area contributed by atoms with Gasteiger partial charge in [-0.1, -0.05) is 17.7 Å². The van der Waals surface area contributed by atoms with Crippen molar-refractivity contribution in [2.75, 3.05) is 41.1 Å². The number of ether oxygens (including phenoxy) is 4. The van der Waals surface area contributed by atoms with Crippen LogP contribution in [-0.4, -0.2) is 55.4 Å². The Hall–Kier alpha value is -2.53. The molecule has 0 heterocycles. The smallest absolute Gasteiger partial charge is 0.258 e. The molecule has 2 aromatic carbocycles. The van der Waals surface area contributed by atoms with E-state index in [1.807, 2.05) is 13.0 Å². The lowest BCUT2D eigenvalue weighted by Gasteiger charge is -2.17. The van der Waals surface area contributed by atoms with Crippen molar-refractivity contribution in [3.8, 4) is 17.2 Å². The number of nitrogens with one attached hydrogen (secondary N) is 2. The molecule has 11 heteroatoms. The highest BCUT2D eigenvalue weighted by atomic mass is 35.5. The number of hydrogen-bond acceptors (Lipinski definition) is 7. The van der Waals surface area contributed by atoms with Crippen LogP contribution in [0.15, 0.2) is 41.3 Å². The topological polar surface area (TPSA) is 112 Å². The van der Waals surface area contributed by atoms with Crippen molar-refractivity contribution in [2.45, 2.75) is 17.9 Å². The quantitative estimate of drug-likeness (QED) is 0.443. The average molecular weight is 487 g/mol. The number of sulfonamides is 1. The summed E-state index contributed by atoms with van der Waals surface area (Å²) in [4.78, 5) is 12.3. The summed E-state index contributed by atoms with van der Waals surface area (Å²) in [5.41, 5.74) is 0.824. The van der Waals surface area contributed by atoms with Crippen LogP contribution >= 0.6 is 11.6 Å². The summed E-state index contributed by atoms with van der Waals surface area (Å²) < 4.78 is 47.6. The maximum absolute atomic E-state index is 12.3. The fraction of sp³-hybridized carbons (Fsp3) is 0.381. The van der Waals surface area contributed by atoms with Crippen molar-refractivity contribution in [1.29, 1.82) is 0 Å². The van der Waals surface area contributed by atoms with Gasteiger partial charge in [0.05, 0.1) is 36.8 Å². The molecule has 9 nitrogen and oxygen atoms in total. The van der Waals surface area contributed by atoms with Crippen molar-refractivity contribution >= 4 is 27.5 Å². The minimum Gasteiger partial charge on any atom is -0.493 e. The summed E-state index contributed by atoms with van der Waals surface area (Å²) in [5.74, 6) is 0.964. The molecule has 0 aromatic heterocycles. The normalized spacial score (nSPS) is 12.2. The predicted octanol–water partition coefficient (Wildman–Crippen LogP) is 2.54. The number of amides is 1. The maximum Gasteiger partial charge on any atom is 0.258 e. The van der Waals surface area contributed by atoms with Crippen LogP contribution in [0.3, 0.4) is 0 Å². The number of hydrogen-bond donors (Lipinski definition) is 2. The lowest BCUT2D eigenvalue weighted by Crippen LogP contribution is -2.31. The van der Waals surface area contributed by atoms with Crippen molar-refractivity contribution in [3.63, 3.8) is 0 Å². The van der Waals surface area contributed by atoms with Crippen molar-refractivity contribution < 1.29 is 32.2 Å². The number of methoxy groups -OCH3 is 3. The molecular weight excluding hydrogens is 460 g/mol. The van der Waals surface area contributed by atoms with E-state index in [1.165, 1.54) is 32.4 Å². The third-order valence-corrected chi connectivity index (χ3v) is 6.21. The second-order valence-corrected chi connectivity index (χ2v) is 8.85. The van der Waals surface area contributed by atoms with E-state index in [-0.39, 0.29) is 47.4 Å². The molecule has 1 amide bonds. The molecule has 0 spiro atoms. The van der Waals surface area contributed by atoms with Gasteiger partial charge in [-0.3, -0.25) is 4.79 Å². The van der Waals surface area contributed by atoms with Crippen LogP contribution < -0.4 is 24.2 Å². The Kier molecular flexibility index (Phi) is 9.58. The molecule has 0 fully saturated rings. The minimum absolute atomic E-state index is 0.0162. The molecule has 0 aliphatic rings. The highest BCUT2D eigenvalue weighted by Gasteiger charge is 2.17. The summed E-state index contributed by atoms with van der Waals surface area (Å²) >= 11 is 6.14. The monoisotopic (exact) mass is 486 g/mol. The fourth-order valence-corrected chi connectivity index (χ4v) is 4.10. The van der Waals surface area contributed by atoms with Gasteiger partial charge in [-0.15, -0.1) is 0 Å². The van der Waals surface area contributed by atoms with Gasteiger partial charge >= 0.3 is 0 Å². The van der Waals surface area contributed by atoms with Crippen LogP contribution in [0.5, 0.6) is 17.2 Å². The van der Waals surface area contributed by atoms with E-state index in [1.54, 1.807) is 19.2 Å². The Bertz CT molecular complexity index is 1030. The summed E-state index contributed by atoms with van der Waals surface area (Å²) in [6.07, 6.45) is 0. The summed E-state index contributed by atoms with van der Waals surface area (Å²) in [6.45, 7) is 1.90. The third-order valence-electron chi connectivity index (χ3n) is 4.46. The molecule has 0 aliphatic heterocycles. The van der Waals surface area contributed by atoms with Crippen molar-refractivity contribution in [3.05, 3.63) is 47.0 Å². The van der Waals surface area contributed by atoms with E-state index in [2.05, 4.69) is 10.0 Å². The van der Waals surface area contributed by atoms with E-state index < -0.39 is 10.0 Å². The van der Waals surface area contributed by atoms with Crippen LogP contribution in [0.25, 0.3) is 0 Å². The van der Waals surface area contributed by atoms with Gasteiger partial charge in [0.25, 0.3) is 5.91 Å². The molecule has 32 heavy (non-hydrogen) atoms. The highest BCUT2D eigenvalue weighted by molar-refractivity contribution is 7.89. The zero-order chi connectivity index (χ0) is 23.7.